The maximum atomic E-state index is 3.60. The summed E-state index contributed by atoms with van der Waals surface area (Å²) in [5.41, 5.74) is 5.32. The molecule has 0 radical (unpaired) electrons. The normalized spacial score (nSPS) is 12.4. The van der Waals surface area contributed by atoms with Crippen LogP contribution in [-0.4, -0.2) is 6.54 Å². The van der Waals surface area contributed by atoms with Crippen LogP contribution in [0.4, 0.5) is 0 Å². The van der Waals surface area contributed by atoms with Crippen LogP contribution in [0.15, 0.2) is 46.9 Å². The van der Waals surface area contributed by atoms with E-state index >= 15 is 0 Å². The molecular formula is C18H22BrN. The molecule has 1 N–H and O–H groups in total. The molecule has 0 aliphatic rings. The van der Waals surface area contributed by atoms with Crippen LogP contribution in [-0.2, 0) is 6.42 Å². The lowest BCUT2D eigenvalue weighted by Gasteiger charge is -2.20. The van der Waals surface area contributed by atoms with Crippen LogP contribution >= 0.6 is 15.9 Å². The summed E-state index contributed by atoms with van der Waals surface area (Å²) in [6, 6.07) is 15.7. The summed E-state index contributed by atoms with van der Waals surface area (Å²) in [5, 5.41) is 3.60. The molecule has 1 atom stereocenters. The highest BCUT2D eigenvalue weighted by Gasteiger charge is 2.13. The van der Waals surface area contributed by atoms with E-state index in [0.29, 0.717) is 0 Å². The van der Waals surface area contributed by atoms with E-state index in [1.807, 2.05) is 0 Å². The van der Waals surface area contributed by atoms with Crippen LogP contribution in [0.2, 0.25) is 0 Å². The predicted octanol–water partition coefficient (Wildman–Crippen LogP) is 5.02. The zero-order valence-corrected chi connectivity index (χ0v) is 14.0. The molecule has 1 nitrogen and oxygen atoms in total. The van der Waals surface area contributed by atoms with Crippen molar-refractivity contribution >= 4 is 15.9 Å². The van der Waals surface area contributed by atoms with Gasteiger partial charge in [0.1, 0.15) is 0 Å². The number of hydrogen-bond acceptors (Lipinski definition) is 1. The molecule has 1 unspecified atom stereocenters. The topological polar surface area (TPSA) is 12.0 Å². The van der Waals surface area contributed by atoms with E-state index in [1.165, 1.54) is 26.7 Å². The van der Waals surface area contributed by atoms with Gasteiger partial charge in [0.2, 0.25) is 0 Å². The Morgan fingerprint density at radius 1 is 1.05 bits per heavy atom. The van der Waals surface area contributed by atoms with Crippen LogP contribution < -0.4 is 5.32 Å². The molecule has 0 aliphatic heterocycles. The molecule has 0 aliphatic carbocycles. The monoisotopic (exact) mass is 331 g/mol. The van der Waals surface area contributed by atoms with Crippen LogP contribution in [0.25, 0.3) is 0 Å². The fourth-order valence-corrected chi connectivity index (χ4v) is 2.72. The summed E-state index contributed by atoms with van der Waals surface area (Å²) in [7, 11) is 0. The number of halogens is 1. The quantitative estimate of drug-likeness (QED) is 0.811. The van der Waals surface area contributed by atoms with Crippen LogP contribution in [0.1, 0.15) is 42.1 Å². The molecule has 0 saturated carbocycles. The highest BCUT2D eigenvalue weighted by Crippen LogP contribution is 2.26. The van der Waals surface area contributed by atoms with Gasteiger partial charge < -0.3 is 5.32 Å². The molecule has 0 spiro atoms. The van der Waals surface area contributed by atoms with E-state index < -0.39 is 0 Å². The minimum atomic E-state index is 0.262. The van der Waals surface area contributed by atoms with Crippen molar-refractivity contribution in [1.29, 1.82) is 0 Å². The first-order chi connectivity index (χ1) is 9.65. The molecule has 2 rings (SSSR count). The molecule has 20 heavy (non-hydrogen) atoms. The van der Waals surface area contributed by atoms with Crippen molar-refractivity contribution in [3.05, 3.63) is 69.2 Å². The fraction of sp³-hybridized carbons (Fsp3) is 0.333. The van der Waals surface area contributed by atoms with E-state index in [4.69, 9.17) is 0 Å². The number of nitrogens with one attached hydrogen (secondary N) is 1. The molecule has 0 aromatic heterocycles. The van der Waals surface area contributed by atoms with Crippen molar-refractivity contribution in [3.63, 3.8) is 0 Å². The first kappa shape index (κ1) is 15.3. The SMILES string of the molecule is CCNC(c1cccc(CC)c1)c1ccc(Br)c(C)c1. The molecular weight excluding hydrogens is 310 g/mol. The second-order valence-corrected chi connectivity index (χ2v) is 5.95. The third-order valence-electron chi connectivity index (χ3n) is 3.62. The highest BCUT2D eigenvalue weighted by molar-refractivity contribution is 9.10. The molecule has 0 heterocycles. The molecule has 106 valence electrons. The van der Waals surface area contributed by atoms with Crippen molar-refractivity contribution in [1.82, 2.24) is 5.32 Å². The zero-order chi connectivity index (χ0) is 14.5. The van der Waals surface area contributed by atoms with Gasteiger partial charge in [-0.3, -0.25) is 0 Å². The summed E-state index contributed by atoms with van der Waals surface area (Å²) in [6.07, 6.45) is 1.08. The van der Waals surface area contributed by atoms with Gasteiger partial charge in [-0.15, -0.1) is 0 Å². The number of benzene rings is 2. The highest BCUT2D eigenvalue weighted by atomic mass is 79.9. The minimum Gasteiger partial charge on any atom is -0.307 e. The third-order valence-corrected chi connectivity index (χ3v) is 4.51. The third kappa shape index (κ3) is 3.50. The summed E-state index contributed by atoms with van der Waals surface area (Å²) in [4.78, 5) is 0. The van der Waals surface area contributed by atoms with Crippen molar-refractivity contribution in [2.45, 2.75) is 33.2 Å². The number of aryl methyl sites for hydroxylation is 2. The van der Waals surface area contributed by atoms with E-state index in [9.17, 15) is 0 Å². The van der Waals surface area contributed by atoms with Crippen molar-refractivity contribution in [2.24, 2.45) is 0 Å². The van der Waals surface area contributed by atoms with Crippen LogP contribution in [0, 0.1) is 6.92 Å². The van der Waals surface area contributed by atoms with Crippen LogP contribution in [0.5, 0.6) is 0 Å². The molecule has 0 fully saturated rings. The summed E-state index contributed by atoms with van der Waals surface area (Å²) < 4.78 is 1.17. The van der Waals surface area contributed by atoms with Gasteiger partial charge >= 0.3 is 0 Å². The first-order valence-corrected chi connectivity index (χ1v) is 8.03. The summed E-state index contributed by atoms with van der Waals surface area (Å²) in [6.45, 7) is 7.45. The van der Waals surface area contributed by atoms with E-state index in [1.54, 1.807) is 0 Å². The first-order valence-electron chi connectivity index (χ1n) is 7.24. The van der Waals surface area contributed by atoms with Crippen molar-refractivity contribution < 1.29 is 0 Å². The smallest absolute Gasteiger partial charge is 0.0576 e. The van der Waals surface area contributed by atoms with Gasteiger partial charge in [-0.05, 0) is 48.2 Å². The molecule has 2 aromatic carbocycles. The van der Waals surface area contributed by atoms with Gasteiger partial charge in [-0.25, -0.2) is 0 Å². The van der Waals surface area contributed by atoms with Gasteiger partial charge in [0.15, 0.2) is 0 Å². The van der Waals surface area contributed by atoms with E-state index in [0.717, 1.165) is 13.0 Å². The Kier molecular flexibility index (Phi) is 5.38. The average Bonchev–Trinajstić information content (AvgIpc) is 2.48. The van der Waals surface area contributed by atoms with Crippen molar-refractivity contribution in [3.8, 4) is 0 Å². The number of hydrogen-bond donors (Lipinski definition) is 1. The van der Waals surface area contributed by atoms with Crippen LogP contribution in [0.3, 0.4) is 0 Å². The Hall–Kier alpha value is -1.12. The predicted molar refractivity (Wildman–Crippen MR) is 90.2 cm³/mol. The second-order valence-electron chi connectivity index (χ2n) is 5.10. The standard InChI is InChI=1S/C18H22BrN/c1-4-14-7-6-8-15(12-14)18(20-5-2)16-9-10-17(19)13(3)11-16/h6-12,18,20H,4-5H2,1-3H3. The second kappa shape index (κ2) is 7.05. The Bertz CT molecular complexity index is 577. The minimum absolute atomic E-state index is 0.262. The summed E-state index contributed by atoms with van der Waals surface area (Å²) >= 11 is 3.58. The number of rotatable bonds is 5. The maximum absolute atomic E-state index is 3.60. The average molecular weight is 332 g/mol. The Morgan fingerprint density at radius 3 is 2.45 bits per heavy atom. The Morgan fingerprint density at radius 2 is 1.80 bits per heavy atom. The largest absolute Gasteiger partial charge is 0.307 e. The maximum Gasteiger partial charge on any atom is 0.0576 e. The van der Waals surface area contributed by atoms with E-state index in [-0.39, 0.29) is 6.04 Å². The molecule has 2 heteroatoms. The van der Waals surface area contributed by atoms with Gasteiger partial charge in [0, 0.05) is 4.47 Å². The van der Waals surface area contributed by atoms with Gasteiger partial charge in [0.05, 0.1) is 6.04 Å². The molecule has 2 aromatic rings. The van der Waals surface area contributed by atoms with Gasteiger partial charge in [-0.2, -0.15) is 0 Å². The lowest BCUT2D eigenvalue weighted by atomic mass is 9.95. The van der Waals surface area contributed by atoms with E-state index in [2.05, 4.69) is 84.5 Å². The Labute approximate surface area is 130 Å². The Balaban J connectivity index is 2.41. The lowest BCUT2D eigenvalue weighted by Crippen LogP contribution is -2.22. The lowest BCUT2D eigenvalue weighted by molar-refractivity contribution is 0.629. The van der Waals surface area contributed by atoms with Gasteiger partial charge in [0.25, 0.3) is 0 Å². The van der Waals surface area contributed by atoms with Gasteiger partial charge in [-0.1, -0.05) is 66.2 Å². The molecule has 0 saturated heterocycles. The zero-order valence-electron chi connectivity index (χ0n) is 12.4. The van der Waals surface area contributed by atoms with Crippen molar-refractivity contribution in [2.75, 3.05) is 6.54 Å². The molecule has 0 amide bonds. The fourth-order valence-electron chi connectivity index (χ4n) is 2.47. The summed E-state index contributed by atoms with van der Waals surface area (Å²) in [5.74, 6) is 0. The molecule has 0 bridgehead atoms.